The van der Waals surface area contributed by atoms with E-state index >= 15 is 0 Å². The van der Waals surface area contributed by atoms with Crippen LogP contribution in [0, 0.1) is 32.4 Å². The molecule has 0 radical (unpaired) electrons. The number of halogens is 2. The van der Waals surface area contributed by atoms with E-state index in [9.17, 15) is 8.78 Å². The third-order valence-corrected chi connectivity index (χ3v) is 4.24. The minimum Gasteiger partial charge on any atom is -0.324 e. The van der Waals surface area contributed by atoms with Gasteiger partial charge in [0.05, 0.1) is 10.7 Å². The van der Waals surface area contributed by atoms with E-state index in [1.54, 1.807) is 18.3 Å². The Labute approximate surface area is 115 Å². The SMILES string of the molecule is Cc1cc(C(N)Cc2nc(C)c(C)s2)c(F)cc1F. The molecule has 1 atom stereocenters. The number of hydrogen-bond acceptors (Lipinski definition) is 3. The lowest BCUT2D eigenvalue weighted by Gasteiger charge is -2.12. The fourth-order valence-corrected chi connectivity index (χ4v) is 2.88. The fourth-order valence-electron chi connectivity index (χ4n) is 1.89. The molecule has 2 aromatic rings. The summed E-state index contributed by atoms with van der Waals surface area (Å²) in [6.07, 6.45) is 0.460. The van der Waals surface area contributed by atoms with Crippen LogP contribution < -0.4 is 5.73 Å². The van der Waals surface area contributed by atoms with Gasteiger partial charge in [-0.3, -0.25) is 0 Å². The summed E-state index contributed by atoms with van der Waals surface area (Å²) in [6, 6.07) is 1.86. The van der Waals surface area contributed by atoms with Gasteiger partial charge in [0.1, 0.15) is 11.6 Å². The van der Waals surface area contributed by atoms with Crippen LogP contribution in [0.4, 0.5) is 8.78 Å². The maximum Gasteiger partial charge on any atom is 0.130 e. The molecule has 1 heterocycles. The number of hydrogen-bond donors (Lipinski definition) is 1. The van der Waals surface area contributed by atoms with Crippen molar-refractivity contribution in [3.8, 4) is 0 Å². The van der Waals surface area contributed by atoms with Gasteiger partial charge in [0.15, 0.2) is 0 Å². The number of thiazole rings is 1. The summed E-state index contributed by atoms with van der Waals surface area (Å²) in [5.41, 5.74) is 7.72. The molecule has 1 unspecified atom stereocenters. The topological polar surface area (TPSA) is 38.9 Å². The van der Waals surface area contributed by atoms with E-state index in [2.05, 4.69) is 4.98 Å². The lowest BCUT2D eigenvalue weighted by Crippen LogP contribution is -2.15. The summed E-state index contributed by atoms with van der Waals surface area (Å²) in [5.74, 6) is -1.14. The van der Waals surface area contributed by atoms with E-state index in [0.717, 1.165) is 21.6 Å². The second kappa shape index (κ2) is 5.35. The van der Waals surface area contributed by atoms with Crippen molar-refractivity contribution in [2.45, 2.75) is 33.2 Å². The van der Waals surface area contributed by atoms with Crippen molar-refractivity contribution in [3.05, 3.63) is 50.5 Å². The quantitative estimate of drug-likeness (QED) is 0.934. The summed E-state index contributed by atoms with van der Waals surface area (Å²) in [5, 5.41) is 0.879. The van der Waals surface area contributed by atoms with Crippen molar-refractivity contribution in [2.75, 3.05) is 0 Å². The predicted octanol–water partition coefficient (Wildman–Crippen LogP) is 3.59. The normalized spacial score (nSPS) is 12.7. The van der Waals surface area contributed by atoms with Crippen LogP contribution in [0.5, 0.6) is 0 Å². The molecule has 0 aliphatic heterocycles. The zero-order chi connectivity index (χ0) is 14.2. The Kier molecular flexibility index (Phi) is 3.96. The number of aryl methyl sites for hydroxylation is 3. The Hall–Kier alpha value is -1.33. The monoisotopic (exact) mass is 282 g/mol. The summed E-state index contributed by atoms with van der Waals surface area (Å²) in [6.45, 7) is 5.52. The van der Waals surface area contributed by atoms with Crippen molar-refractivity contribution < 1.29 is 8.78 Å². The number of nitrogens with zero attached hydrogens (tertiary/aromatic N) is 1. The van der Waals surface area contributed by atoms with Gasteiger partial charge in [0, 0.05) is 29.0 Å². The Balaban J connectivity index is 2.24. The molecule has 0 aliphatic rings. The maximum atomic E-state index is 13.7. The molecule has 1 aromatic carbocycles. The Morgan fingerprint density at radius 1 is 1.21 bits per heavy atom. The smallest absolute Gasteiger partial charge is 0.130 e. The minimum absolute atomic E-state index is 0.337. The molecule has 1 aromatic heterocycles. The molecule has 0 fully saturated rings. The molecule has 5 heteroatoms. The first-order chi connectivity index (χ1) is 8.88. The first-order valence-electron chi connectivity index (χ1n) is 6.02. The van der Waals surface area contributed by atoms with E-state index in [4.69, 9.17) is 5.73 Å². The van der Waals surface area contributed by atoms with Crippen LogP contribution in [-0.2, 0) is 6.42 Å². The van der Waals surface area contributed by atoms with E-state index in [1.807, 2.05) is 13.8 Å². The molecule has 0 aliphatic carbocycles. The van der Waals surface area contributed by atoms with E-state index in [0.29, 0.717) is 17.5 Å². The zero-order valence-electron chi connectivity index (χ0n) is 11.1. The number of nitrogens with two attached hydrogens (primary N) is 1. The van der Waals surface area contributed by atoms with E-state index in [-0.39, 0.29) is 0 Å². The van der Waals surface area contributed by atoms with E-state index in [1.165, 1.54) is 6.07 Å². The highest BCUT2D eigenvalue weighted by atomic mass is 32.1. The fraction of sp³-hybridized carbons (Fsp3) is 0.357. The van der Waals surface area contributed by atoms with Crippen molar-refractivity contribution in [1.29, 1.82) is 0 Å². The molecule has 2 rings (SSSR count). The average molecular weight is 282 g/mol. The largest absolute Gasteiger partial charge is 0.324 e. The standard InChI is InChI=1S/C14H16F2N2S/c1-7-4-10(12(16)5-11(7)15)13(17)6-14-18-8(2)9(3)19-14/h4-5,13H,6,17H2,1-3H3. The van der Waals surface area contributed by atoms with Crippen LogP contribution >= 0.6 is 11.3 Å². The summed E-state index contributed by atoms with van der Waals surface area (Å²) >= 11 is 1.56. The number of rotatable bonds is 3. The van der Waals surface area contributed by atoms with Gasteiger partial charge in [-0.2, -0.15) is 0 Å². The highest BCUT2D eigenvalue weighted by molar-refractivity contribution is 7.11. The molecule has 0 saturated heterocycles. The molecule has 0 saturated carbocycles. The Morgan fingerprint density at radius 3 is 2.47 bits per heavy atom. The highest BCUT2D eigenvalue weighted by Crippen LogP contribution is 2.25. The summed E-state index contributed by atoms with van der Waals surface area (Å²) < 4.78 is 26.9. The van der Waals surface area contributed by atoms with Gasteiger partial charge >= 0.3 is 0 Å². The van der Waals surface area contributed by atoms with Crippen LogP contribution in [0.2, 0.25) is 0 Å². The Morgan fingerprint density at radius 2 is 1.89 bits per heavy atom. The third-order valence-electron chi connectivity index (χ3n) is 3.14. The van der Waals surface area contributed by atoms with Crippen molar-refractivity contribution in [3.63, 3.8) is 0 Å². The molecule has 0 spiro atoms. The predicted molar refractivity (Wildman–Crippen MR) is 73.3 cm³/mol. The van der Waals surface area contributed by atoms with Gasteiger partial charge in [-0.05, 0) is 32.4 Å². The second-order valence-electron chi connectivity index (χ2n) is 4.68. The zero-order valence-corrected chi connectivity index (χ0v) is 11.9. The van der Waals surface area contributed by atoms with E-state index < -0.39 is 17.7 Å². The summed E-state index contributed by atoms with van der Waals surface area (Å²) in [4.78, 5) is 5.52. The van der Waals surface area contributed by atoms with Crippen LogP contribution in [0.3, 0.4) is 0 Å². The maximum absolute atomic E-state index is 13.7. The number of aromatic nitrogens is 1. The molecule has 102 valence electrons. The van der Waals surface area contributed by atoms with Gasteiger partial charge in [0.25, 0.3) is 0 Å². The first-order valence-corrected chi connectivity index (χ1v) is 6.84. The molecule has 0 bridgehead atoms. The number of benzene rings is 1. The molecule has 0 amide bonds. The van der Waals surface area contributed by atoms with Gasteiger partial charge < -0.3 is 5.73 Å². The van der Waals surface area contributed by atoms with Crippen LogP contribution in [0.15, 0.2) is 12.1 Å². The second-order valence-corrected chi connectivity index (χ2v) is 5.97. The van der Waals surface area contributed by atoms with Crippen LogP contribution in [-0.4, -0.2) is 4.98 Å². The Bertz CT molecular complexity index is 588. The molecular weight excluding hydrogens is 266 g/mol. The van der Waals surface area contributed by atoms with Gasteiger partial charge in [-0.1, -0.05) is 0 Å². The molecule has 2 N–H and O–H groups in total. The lowest BCUT2D eigenvalue weighted by molar-refractivity contribution is 0.549. The van der Waals surface area contributed by atoms with Gasteiger partial charge in [-0.15, -0.1) is 11.3 Å². The lowest BCUT2D eigenvalue weighted by atomic mass is 10.0. The first kappa shape index (κ1) is 14.1. The third kappa shape index (κ3) is 2.98. The summed E-state index contributed by atoms with van der Waals surface area (Å²) in [7, 11) is 0. The van der Waals surface area contributed by atoms with Crippen molar-refractivity contribution in [1.82, 2.24) is 4.98 Å². The highest BCUT2D eigenvalue weighted by Gasteiger charge is 2.16. The van der Waals surface area contributed by atoms with Crippen molar-refractivity contribution >= 4 is 11.3 Å². The van der Waals surface area contributed by atoms with Crippen molar-refractivity contribution in [2.24, 2.45) is 5.73 Å². The molecule has 19 heavy (non-hydrogen) atoms. The molecular formula is C14H16F2N2S. The van der Waals surface area contributed by atoms with Crippen LogP contribution in [0.25, 0.3) is 0 Å². The molecule has 2 nitrogen and oxygen atoms in total. The van der Waals surface area contributed by atoms with Gasteiger partial charge in [0.2, 0.25) is 0 Å². The van der Waals surface area contributed by atoms with Gasteiger partial charge in [-0.25, -0.2) is 13.8 Å². The average Bonchev–Trinajstić information content (AvgIpc) is 2.62. The van der Waals surface area contributed by atoms with Crippen LogP contribution in [0.1, 0.15) is 32.7 Å². The minimum atomic E-state index is -0.597.